The first kappa shape index (κ1) is 12.8. The first-order chi connectivity index (χ1) is 8.26. The van der Waals surface area contributed by atoms with Crippen molar-refractivity contribution in [3.63, 3.8) is 0 Å². The Balaban J connectivity index is 1.89. The maximum atomic E-state index is 11.9. The van der Waals surface area contributed by atoms with Crippen LogP contribution in [0.15, 0.2) is 0 Å². The van der Waals surface area contributed by atoms with Crippen molar-refractivity contribution in [2.45, 2.75) is 25.4 Å². The second-order valence-corrected chi connectivity index (χ2v) is 4.60. The molecule has 0 atom stereocenters. The smallest absolute Gasteiger partial charge is 0.248 e. The first-order valence-electron chi connectivity index (χ1n) is 6.33. The van der Waals surface area contributed by atoms with E-state index in [0.29, 0.717) is 26.3 Å². The lowest BCUT2D eigenvalue weighted by atomic mass is 9.92. The van der Waals surface area contributed by atoms with Gasteiger partial charge in [-0.3, -0.25) is 4.79 Å². The number of hydrogen-bond donors (Lipinski definition) is 0. The van der Waals surface area contributed by atoms with Crippen molar-refractivity contribution >= 4 is 5.91 Å². The van der Waals surface area contributed by atoms with E-state index in [0.717, 1.165) is 26.1 Å². The largest absolute Gasteiger partial charge is 0.381 e. The van der Waals surface area contributed by atoms with Crippen LogP contribution in [0.3, 0.4) is 0 Å². The van der Waals surface area contributed by atoms with Crippen LogP contribution in [0.2, 0.25) is 0 Å². The minimum absolute atomic E-state index is 0.0704. The molecule has 0 N–H and O–H groups in total. The van der Waals surface area contributed by atoms with Gasteiger partial charge in [0.2, 0.25) is 5.91 Å². The summed E-state index contributed by atoms with van der Waals surface area (Å²) in [4.78, 5) is 13.8. The monoisotopic (exact) mass is 243 g/mol. The molecule has 0 radical (unpaired) electrons. The van der Waals surface area contributed by atoms with Crippen LogP contribution in [0.25, 0.3) is 0 Å². The summed E-state index contributed by atoms with van der Waals surface area (Å²) < 4.78 is 16.4. The third-order valence-electron chi connectivity index (χ3n) is 3.43. The van der Waals surface area contributed by atoms with Gasteiger partial charge in [-0.15, -0.1) is 0 Å². The molecule has 5 heteroatoms. The van der Waals surface area contributed by atoms with Crippen molar-refractivity contribution in [1.29, 1.82) is 0 Å². The molecular weight excluding hydrogens is 222 g/mol. The van der Waals surface area contributed by atoms with Gasteiger partial charge in [0.15, 0.2) is 0 Å². The van der Waals surface area contributed by atoms with Crippen LogP contribution in [0, 0.1) is 0 Å². The molecule has 5 nitrogen and oxygen atoms in total. The maximum absolute atomic E-state index is 11.9. The Kier molecular flexibility index (Phi) is 4.36. The fourth-order valence-corrected chi connectivity index (χ4v) is 2.38. The quantitative estimate of drug-likeness (QED) is 0.721. The van der Waals surface area contributed by atoms with Gasteiger partial charge in [0.05, 0.1) is 12.2 Å². The number of carbonyl (C=O) groups is 1. The van der Waals surface area contributed by atoms with Crippen LogP contribution in [0.1, 0.15) is 19.8 Å². The van der Waals surface area contributed by atoms with E-state index in [2.05, 4.69) is 0 Å². The molecule has 0 aromatic rings. The second kappa shape index (κ2) is 5.80. The van der Waals surface area contributed by atoms with Gasteiger partial charge in [-0.05, 0) is 6.92 Å². The molecule has 0 aromatic carbocycles. The molecule has 2 aliphatic rings. The maximum Gasteiger partial charge on any atom is 0.248 e. The van der Waals surface area contributed by atoms with E-state index in [9.17, 15) is 4.79 Å². The molecule has 2 fully saturated rings. The van der Waals surface area contributed by atoms with Gasteiger partial charge in [0.1, 0.15) is 6.61 Å². The standard InChI is InChI=1S/C12H21NO4/c1-2-15-9-11(14)13-5-8-17-12(10-13)3-6-16-7-4-12/h2-10H2,1H3. The summed E-state index contributed by atoms with van der Waals surface area (Å²) >= 11 is 0. The van der Waals surface area contributed by atoms with Crippen molar-refractivity contribution in [1.82, 2.24) is 4.90 Å². The highest BCUT2D eigenvalue weighted by molar-refractivity contribution is 5.77. The number of ether oxygens (including phenoxy) is 3. The Labute approximate surface area is 102 Å². The van der Waals surface area contributed by atoms with Crippen molar-refractivity contribution in [2.75, 3.05) is 46.1 Å². The van der Waals surface area contributed by atoms with Crippen LogP contribution >= 0.6 is 0 Å². The third kappa shape index (κ3) is 3.18. The zero-order valence-electron chi connectivity index (χ0n) is 10.4. The zero-order valence-corrected chi connectivity index (χ0v) is 10.4. The fourth-order valence-electron chi connectivity index (χ4n) is 2.38. The van der Waals surface area contributed by atoms with Gasteiger partial charge in [0.25, 0.3) is 0 Å². The summed E-state index contributed by atoms with van der Waals surface area (Å²) in [7, 11) is 0. The molecule has 2 rings (SSSR count). The summed E-state index contributed by atoms with van der Waals surface area (Å²) in [5.41, 5.74) is -0.168. The number of hydrogen-bond acceptors (Lipinski definition) is 4. The van der Waals surface area contributed by atoms with E-state index < -0.39 is 0 Å². The minimum atomic E-state index is -0.168. The van der Waals surface area contributed by atoms with Crippen molar-refractivity contribution < 1.29 is 19.0 Å². The zero-order chi connectivity index (χ0) is 12.1. The molecule has 98 valence electrons. The summed E-state index contributed by atoms with van der Waals surface area (Å²) in [6.45, 7) is 6.10. The fraction of sp³-hybridized carbons (Fsp3) is 0.917. The molecule has 1 amide bonds. The lowest BCUT2D eigenvalue weighted by molar-refractivity contribution is -0.170. The lowest BCUT2D eigenvalue weighted by Crippen LogP contribution is -2.56. The highest BCUT2D eigenvalue weighted by atomic mass is 16.5. The number of morpholine rings is 1. The molecule has 0 bridgehead atoms. The minimum Gasteiger partial charge on any atom is -0.381 e. The molecule has 1 spiro atoms. The topological polar surface area (TPSA) is 48.0 Å². The van der Waals surface area contributed by atoms with Crippen LogP contribution < -0.4 is 0 Å². The van der Waals surface area contributed by atoms with Crippen LogP contribution in [0.4, 0.5) is 0 Å². The van der Waals surface area contributed by atoms with Gasteiger partial charge in [0, 0.05) is 45.8 Å². The lowest BCUT2D eigenvalue weighted by Gasteiger charge is -2.44. The Hall–Kier alpha value is -0.650. The van der Waals surface area contributed by atoms with Gasteiger partial charge < -0.3 is 19.1 Å². The summed E-state index contributed by atoms with van der Waals surface area (Å²) in [6.07, 6.45) is 1.76. The predicted molar refractivity (Wildman–Crippen MR) is 61.8 cm³/mol. The average Bonchev–Trinajstić information content (AvgIpc) is 2.37. The predicted octanol–water partition coefficient (Wildman–Crippen LogP) is 0.431. The molecule has 17 heavy (non-hydrogen) atoms. The van der Waals surface area contributed by atoms with Crippen molar-refractivity contribution in [2.24, 2.45) is 0 Å². The van der Waals surface area contributed by atoms with Crippen LogP contribution in [0.5, 0.6) is 0 Å². The average molecular weight is 243 g/mol. The van der Waals surface area contributed by atoms with Crippen molar-refractivity contribution in [3.8, 4) is 0 Å². The molecule has 0 unspecified atom stereocenters. The molecule has 2 saturated heterocycles. The number of rotatable bonds is 3. The second-order valence-electron chi connectivity index (χ2n) is 4.60. The number of amides is 1. The SMILES string of the molecule is CCOCC(=O)N1CCOC2(CCOCC2)C1. The number of nitrogens with zero attached hydrogens (tertiary/aromatic N) is 1. The Morgan fingerprint density at radius 1 is 1.35 bits per heavy atom. The normalized spacial score (nSPS) is 23.9. The van der Waals surface area contributed by atoms with Crippen molar-refractivity contribution in [3.05, 3.63) is 0 Å². The van der Waals surface area contributed by atoms with Gasteiger partial charge in [-0.2, -0.15) is 0 Å². The Bertz CT molecular complexity index is 258. The van der Waals surface area contributed by atoms with Crippen LogP contribution in [-0.2, 0) is 19.0 Å². The highest BCUT2D eigenvalue weighted by Crippen LogP contribution is 2.28. The highest BCUT2D eigenvalue weighted by Gasteiger charge is 2.39. The molecule has 2 aliphatic heterocycles. The molecule has 2 heterocycles. The van der Waals surface area contributed by atoms with E-state index in [-0.39, 0.29) is 18.1 Å². The summed E-state index contributed by atoms with van der Waals surface area (Å²) in [5, 5.41) is 0. The van der Waals surface area contributed by atoms with E-state index in [1.54, 1.807) is 0 Å². The van der Waals surface area contributed by atoms with Gasteiger partial charge in [-0.1, -0.05) is 0 Å². The third-order valence-corrected chi connectivity index (χ3v) is 3.43. The first-order valence-corrected chi connectivity index (χ1v) is 6.33. The summed E-state index contributed by atoms with van der Waals surface area (Å²) in [5.74, 6) is 0.0704. The van der Waals surface area contributed by atoms with E-state index in [1.165, 1.54) is 0 Å². The number of carbonyl (C=O) groups excluding carboxylic acids is 1. The molecular formula is C12H21NO4. The molecule has 0 saturated carbocycles. The molecule has 0 aliphatic carbocycles. The summed E-state index contributed by atoms with van der Waals surface area (Å²) in [6, 6.07) is 0. The Morgan fingerprint density at radius 3 is 2.82 bits per heavy atom. The molecule has 0 aromatic heterocycles. The van der Waals surface area contributed by atoms with Crippen LogP contribution in [-0.4, -0.2) is 62.5 Å². The van der Waals surface area contributed by atoms with E-state index in [4.69, 9.17) is 14.2 Å². The van der Waals surface area contributed by atoms with E-state index in [1.807, 2.05) is 11.8 Å². The van der Waals surface area contributed by atoms with E-state index >= 15 is 0 Å². The Morgan fingerprint density at radius 2 is 2.12 bits per heavy atom. The van der Waals surface area contributed by atoms with Gasteiger partial charge in [-0.25, -0.2) is 0 Å². The van der Waals surface area contributed by atoms with Gasteiger partial charge >= 0.3 is 0 Å².